The molecular formula is C25H29N3O2. The number of nitrogens with zero attached hydrogens (tertiary/aromatic N) is 3. The van der Waals surface area contributed by atoms with Gasteiger partial charge in [0.05, 0.1) is 12.3 Å². The number of oxime groups is 1. The molecule has 0 amide bonds. The van der Waals surface area contributed by atoms with Crippen LogP contribution in [0.2, 0.25) is 0 Å². The van der Waals surface area contributed by atoms with E-state index >= 15 is 0 Å². The molecule has 0 radical (unpaired) electrons. The predicted molar refractivity (Wildman–Crippen MR) is 122 cm³/mol. The topological polar surface area (TPSA) is 58.0 Å². The van der Waals surface area contributed by atoms with Crippen LogP contribution in [0.1, 0.15) is 34.6 Å². The molecule has 156 valence electrons. The fourth-order valence-electron chi connectivity index (χ4n) is 3.66. The zero-order valence-electron chi connectivity index (χ0n) is 17.8. The highest BCUT2D eigenvalue weighted by Crippen LogP contribution is 2.32. The van der Waals surface area contributed by atoms with Crippen molar-refractivity contribution >= 4 is 11.4 Å². The van der Waals surface area contributed by atoms with Crippen molar-refractivity contribution in [3.8, 4) is 0 Å². The van der Waals surface area contributed by atoms with E-state index in [1.54, 1.807) is 19.5 Å². The summed E-state index contributed by atoms with van der Waals surface area (Å²) in [6, 6.07) is 20.7. The maximum atomic E-state index is 9.74. The summed E-state index contributed by atoms with van der Waals surface area (Å²) >= 11 is 0. The molecule has 5 nitrogen and oxygen atoms in total. The Morgan fingerprint density at radius 1 is 1.07 bits per heavy atom. The Morgan fingerprint density at radius 2 is 1.77 bits per heavy atom. The van der Waals surface area contributed by atoms with Crippen molar-refractivity contribution in [3.05, 3.63) is 95.3 Å². The second-order valence-electron chi connectivity index (χ2n) is 7.40. The third kappa shape index (κ3) is 5.24. The van der Waals surface area contributed by atoms with Gasteiger partial charge in [-0.1, -0.05) is 41.6 Å². The monoisotopic (exact) mass is 403 g/mol. The van der Waals surface area contributed by atoms with Gasteiger partial charge in [-0.15, -0.1) is 0 Å². The molecule has 3 rings (SSSR count). The van der Waals surface area contributed by atoms with E-state index in [2.05, 4.69) is 71.5 Å². The average molecular weight is 404 g/mol. The first kappa shape index (κ1) is 21.5. The Balaban J connectivity index is 1.93. The molecule has 1 heterocycles. The summed E-state index contributed by atoms with van der Waals surface area (Å²) in [5.74, 6) is 0.0728. The van der Waals surface area contributed by atoms with Gasteiger partial charge < -0.3 is 14.8 Å². The zero-order chi connectivity index (χ0) is 21.3. The van der Waals surface area contributed by atoms with Gasteiger partial charge in [-0.25, -0.2) is 0 Å². The van der Waals surface area contributed by atoms with Crippen LogP contribution < -0.4 is 4.90 Å². The largest absolute Gasteiger partial charge is 0.411 e. The number of hydrogen-bond acceptors (Lipinski definition) is 5. The van der Waals surface area contributed by atoms with Crippen molar-refractivity contribution in [1.29, 1.82) is 0 Å². The zero-order valence-corrected chi connectivity index (χ0v) is 17.8. The van der Waals surface area contributed by atoms with Crippen molar-refractivity contribution < 1.29 is 9.94 Å². The van der Waals surface area contributed by atoms with Crippen LogP contribution in [0.25, 0.3) is 0 Å². The summed E-state index contributed by atoms with van der Waals surface area (Å²) < 4.78 is 5.18. The van der Waals surface area contributed by atoms with Crippen molar-refractivity contribution in [2.45, 2.75) is 19.3 Å². The summed E-state index contributed by atoms with van der Waals surface area (Å²) in [6.45, 7) is 3.64. The van der Waals surface area contributed by atoms with Crippen LogP contribution in [0, 0.1) is 6.92 Å². The van der Waals surface area contributed by atoms with Gasteiger partial charge in [-0.05, 0) is 47.9 Å². The van der Waals surface area contributed by atoms with Crippen LogP contribution in [0.15, 0.2) is 78.2 Å². The molecular weight excluding hydrogens is 374 g/mol. The molecule has 0 aliphatic rings. The van der Waals surface area contributed by atoms with E-state index in [0.29, 0.717) is 18.7 Å². The number of rotatable bonds is 9. The molecule has 1 unspecified atom stereocenters. The molecule has 0 saturated carbocycles. The van der Waals surface area contributed by atoms with Gasteiger partial charge >= 0.3 is 0 Å². The number of hydrogen-bond donors (Lipinski definition) is 1. The fourth-order valence-corrected chi connectivity index (χ4v) is 3.66. The Kier molecular flexibility index (Phi) is 7.57. The van der Waals surface area contributed by atoms with E-state index in [0.717, 1.165) is 17.8 Å². The molecule has 2 aromatic carbocycles. The summed E-state index contributed by atoms with van der Waals surface area (Å²) in [5.41, 5.74) is 6.30. The molecule has 1 atom stereocenters. The van der Waals surface area contributed by atoms with Gasteiger partial charge in [0, 0.05) is 56.7 Å². The second-order valence-corrected chi connectivity index (χ2v) is 7.40. The van der Waals surface area contributed by atoms with E-state index in [-0.39, 0.29) is 5.92 Å². The summed E-state index contributed by atoms with van der Waals surface area (Å²) in [7, 11) is 3.78. The maximum Gasteiger partial charge on any atom is 0.0878 e. The number of likely N-dealkylation sites (N-methyl/N-ethyl adjacent to an activating group) is 1. The van der Waals surface area contributed by atoms with Crippen LogP contribution >= 0.6 is 0 Å². The lowest BCUT2D eigenvalue weighted by Gasteiger charge is -2.23. The van der Waals surface area contributed by atoms with E-state index in [1.807, 2.05) is 18.2 Å². The molecule has 0 saturated heterocycles. The van der Waals surface area contributed by atoms with E-state index < -0.39 is 0 Å². The normalized spacial score (nSPS) is 12.6. The number of methoxy groups -OCH3 is 1. The molecule has 0 aliphatic carbocycles. The predicted octanol–water partition coefficient (Wildman–Crippen LogP) is 4.87. The van der Waals surface area contributed by atoms with Crippen molar-refractivity contribution in [2.24, 2.45) is 5.16 Å². The summed E-state index contributed by atoms with van der Waals surface area (Å²) in [6.07, 6.45) is 4.02. The number of aryl methyl sites for hydroxylation is 1. The van der Waals surface area contributed by atoms with E-state index in [4.69, 9.17) is 4.74 Å². The molecule has 0 spiro atoms. The number of benzene rings is 2. The minimum absolute atomic E-state index is 0.0728. The highest BCUT2D eigenvalue weighted by atomic mass is 16.5. The fraction of sp³-hybridized carbons (Fsp3) is 0.280. The summed E-state index contributed by atoms with van der Waals surface area (Å²) in [5, 5.41) is 13.4. The lowest BCUT2D eigenvalue weighted by atomic mass is 9.83. The number of pyridine rings is 1. The van der Waals surface area contributed by atoms with Crippen LogP contribution in [0.5, 0.6) is 0 Å². The van der Waals surface area contributed by atoms with Crippen LogP contribution in [-0.2, 0) is 4.74 Å². The SMILES string of the molecule is COCCN(C)c1ccc(C(CC(=NO)c2ccncc2)c2ccccc2C)cc1. The molecule has 3 aromatic rings. The smallest absolute Gasteiger partial charge is 0.0878 e. The quantitative estimate of drug-likeness (QED) is 0.314. The van der Waals surface area contributed by atoms with E-state index in [9.17, 15) is 5.21 Å². The summed E-state index contributed by atoms with van der Waals surface area (Å²) in [4.78, 5) is 6.24. The number of aromatic nitrogens is 1. The molecule has 30 heavy (non-hydrogen) atoms. The Hall–Kier alpha value is -3.18. The second kappa shape index (κ2) is 10.6. The standard InChI is InChI=1S/C25H29N3O2/c1-19-6-4-5-7-23(19)24(18-25(27-29)21-12-14-26-15-13-21)20-8-10-22(11-9-20)28(2)16-17-30-3/h4-15,24,29H,16-18H2,1-3H3. The van der Waals surface area contributed by atoms with Crippen molar-refractivity contribution in [3.63, 3.8) is 0 Å². The minimum atomic E-state index is 0.0728. The number of anilines is 1. The lowest BCUT2D eigenvalue weighted by Crippen LogP contribution is -2.22. The third-order valence-electron chi connectivity index (χ3n) is 5.46. The highest BCUT2D eigenvalue weighted by Gasteiger charge is 2.20. The Labute approximate surface area is 178 Å². The average Bonchev–Trinajstić information content (AvgIpc) is 2.80. The Morgan fingerprint density at radius 3 is 2.40 bits per heavy atom. The van der Waals surface area contributed by atoms with Gasteiger partial charge in [-0.3, -0.25) is 4.98 Å². The first-order chi connectivity index (χ1) is 14.6. The molecule has 1 N–H and O–H groups in total. The lowest BCUT2D eigenvalue weighted by molar-refractivity contribution is 0.206. The van der Waals surface area contributed by atoms with Crippen LogP contribution in [-0.4, -0.2) is 43.2 Å². The van der Waals surface area contributed by atoms with E-state index in [1.165, 1.54) is 16.7 Å². The first-order valence-corrected chi connectivity index (χ1v) is 10.1. The minimum Gasteiger partial charge on any atom is -0.411 e. The molecule has 0 aliphatic heterocycles. The number of ether oxygens (including phenoxy) is 1. The molecule has 0 fully saturated rings. The first-order valence-electron chi connectivity index (χ1n) is 10.1. The molecule has 5 heteroatoms. The van der Waals surface area contributed by atoms with Gasteiger partial charge in [0.15, 0.2) is 0 Å². The molecule has 1 aromatic heterocycles. The van der Waals surface area contributed by atoms with Gasteiger partial charge in [0.2, 0.25) is 0 Å². The van der Waals surface area contributed by atoms with Crippen molar-refractivity contribution in [2.75, 3.05) is 32.2 Å². The van der Waals surface area contributed by atoms with Crippen LogP contribution in [0.3, 0.4) is 0 Å². The van der Waals surface area contributed by atoms with Gasteiger partial charge in [0.25, 0.3) is 0 Å². The van der Waals surface area contributed by atoms with Crippen molar-refractivity contribution in [1.82, 2.24) is 4.98 Å². The Bertz CT molecular complexity index is 956. The highest BCUT2D eigenvalue weighted by molar-refractivity contribution is 6.00. The molecule has 0 bridgehead atoms. The van der Waals surface area contributed by atoms with Gasteiger partial charge in [-0.2, -0.15) is 0 Å². The third-order valence-corrected chi connectivity index (χ3v) is 5.46. The van der Waals surface area contributed by atoms with Crippen LogP contribution in [0.4, 0.5) is 5.69 Å². The maximum absolute atomic E-state index is 9.74. The van der Waals surface area contributed by atoms with Gasteiger partial charge in [0.1, 0.15) is 0 Å².